The van der Waals surface area contributed by atoms with E-state index >= 15 is 0 Å². The summed E-state index contributed by atoms with van der Waals surface area (Å²) in [7, 11) is 0. The van der Waals surface area contributed by atoms with E-state index in [-0.39, 0.29) is 5.91 Å². The fraction of sp³-hybridized carbons (Fsp3) is 0.450. The zero-order valence-electron chi connectivity index (χ0n) is 15.1. The molecular formula is C20H26N4O. The van der Waals surface area contributed by atoms with Crippen molar-refractivity contribution < 1.29 is 4.79 Å². The first kappa shape index (κ1) is 17.4. The number of anilines is 2. The maximum Gasteiger partial charge on any atom is 0.278 e. The van der Waals surface area contributed by atoms with Crippen LogP contribution in [0.3, 0.4) is 0 Å². The third kappa shape index (κ3) is 4.16. The van der Waals surface area contributed by atoms with Gasteiger partial charge in [-0.3, -0.25) is 4.79 Å². The van der Waals surface area contributed by atoms with Gasteiger partial charge in [-0.1, -0.05) is 25.0 Å². The van der Waals surface area contributed by atoms with Crippen molar-refractivity contribution in [3.8, 4) is 0 Å². The summed E-state index contributed by atoms with van der Waals surface area (Å²) in [4.78, 5) is 25.8. The van der Waals surface area contributed by atoms with Crippen molar-refractivity contribution in [2.24, 2.45) is 0 Å². The Labute approximate surface area is 149 Å². The highest BCUT2D eigenvalue weighted by molar-refractivity contribution is 6.04. The monoisotopic (exact) mass is 338 g/mol. The van der Waals surface area contributed by atoms with Crippen LogP contribution in [0.15, 0.2) is 36.7 Å². The van der Waals surface area contributed by atoms with Crippen LogP contribution in [0.2, 0.25) is 0 Å². The van der Waals surface area contributed by atoms with E-state index in [0.717, 1.165) is 30.2 Å². The number of aromatic nitrogens is 2. The zero-order chi connectivity index (χ0) is 17.6. The molecule has 0 bridgehead atoms. The maximum atomic E-state index is 12.8. The van der Waals surface area contributed by atoms with Crippen molar-refractivity contribution in [2.45, 2.75) is 39.5 Å². The summed E-state index contributed by atoms with van der Waals surface area (Å²) >= 11 is 0. The summed E-state index contributed by atoms with van der Waals surface area (Å²) in [5.74, 6) is 0.764. The lowest BCUT2D eigenvalue weighted by atomic mass is 10.2. The van der Waals surface area contributed by atoms with E-state index in [2.05, 4.69) is 14.9 Å². The van der Waals surface area contributed by atoms with Crippen LogP contribution in [0, 0.1) is 6.92 Å². The van der Waals surface area contributed by atoms with E-state index in [1.165, 1.54) is 25.7 Å². The van der Waals surface area contributed by atoms with E-state index in [1.807, 2.05) is 38.1 Å². The van der Waals surface area contributed by atoms with Gasteiger partial charge in [0.15, 0.2) is 0 Å². The minimum absolute atomic E-state index is 0.108. The quantitative estimate of drug-likeness (QED) is 0.850. The lowest BCUT2D eigenvalue weighted by molar-refractivity contribution is 0.0983. The van der Waals surface area contributed by atoms with Gasteiger partial charge in [0, 0.05) is 25.3 Å². The molecule has 3 rings (SSSR count). The van der Waals surface area contributed by atoms with Crippen molar-refractivity contribution in [2.75, 3.05) is 29.4 Å². The molecule has 0 unspecified atom stereocenters. The summed E-state index contributed by atoms with van der Waals surface area (Å²) in [6.45, 7) is 6.63. The van der Waals surface area contributed by atoms with Gasteiger partial charge >= 0.3 is 0 Å². The molecule has 0 atom stereocenters. The highest BCUT2D eigenvalue weighted by Gasteiger charge is 2.19. The number of carbonyl (C=O) groups excluding carboxylic acids is 1. The second-order valence-electron chi connectivity index (χ2n) is 6.55. The SMILES string of the molecule is CCN(C(=O)c1cnc(N2CCCCCC2)cn1)c1cccc(C)c1. The molecule has 1 saturated heterocycles. The minimum Gasteiger partial charge on any atom is -0.355 e. The first-order valence-corrected chi connectivity index (χ1v) is 9.14. The van der Waals surface area contributed by atoms with Crippen LogP contribution in [-0.2, 0) is 0 Å². The lowest BCUT2D eigenvalue weighted by Gasteiger charge is -2.22. The van der Waals surface area contributed by atoms with Crippen molar-refractivity contribution in [3.63, 3.8) is 0 Å². The molecule has 1 aliphatic heterocycles. The van der Waals surface area contributed by atoms with Crippen molar-refractivity contribution in [3.05, 3.63) is 47.9 Å². The summed E-state index contributed by atoms with van der Waals surface area (Å²) in [6.07, 6.45) is 8.30. The number of rotatable bonds is 4. The summed E-state index contributed by atoms with van der Waals surface area (Å²) in [6, 6.07) is 7.96. The van der Waals surface area contributed by atoms with Gasteiger partial charge in [-0.25, -0.2) is 9.97 Å². The van der Waals surface area contributed by atoms with Crippen LogP contribution < -0.4 is 9.80 Å². The average molecular weight is 338 g/mol. The van der Waals surface area contributed by atoms with Gasteiger partial charge in [0.05, 0.1) is 12.4 Å². The molecule has 25 heavy (non-hydrogen) atoms. The van der Waals surface area contributed by atoms with Gasteiger partial charge in [0.25, 0.3) is 5.91 Å². The zero-order valence-corrected chi connectivity index (χ0v) is 15.1. The normalized spacial score (nSPS) is 14.9. The van der Waals surface area contributed by atoms with Gasteiger partial charge in [-0.05, 0) is 44.4 Å². The van der Waals surface area contributed by atoms with Crippen LogP contribution in [-0.4, -0.2) is 35.5 Å². The van der Waals surface area contributed by atoms with Crippen molar-refractivity contribution in [1.82, 2.24) is 9.97 Å². The predicted molar refractivity (Wildman–Crippen MR) is 101 cm³/mol. The second-order valence-corrected chi connectivity index (χ2v) is 6.55. The fourth-order valence-corrected chi connectivity index (χ4v) is 3.27. The van der Waals surface area contributed by atoms with E-state index < -0.39 is 0 Å². The Bertz CT molecular complexity index is 706. The summed E-state index contributed by atoms with van der Waals surface area (Å²) in [5, 5.41) is 0. The molecule has 0 saturated carbocycles. The number of aryl methyl sites for hydroxylation is 1. The number of hydrogen-bond acceptors (Lipinski definition) is 4. The molecule has 1 aromatic carbocycles. The summed E-state index contributed by atoms with van der Waals surface area (Å²) < 4.78 is 0. The molecule has 1 aliphatic rings. The second kappa shape index (κ2) is 8.10. The Morgan fingerprint density at radius 3 is 2.48 bits per heavy atom. The molecule has 1 aromatic heterocycles. The Kier molecular flexibility index (Phi) is 5.64. The van der Waals surface area contributed by atoms with Gasteiger partial charge in [0.2, 0.25) is 0 Å². The minimum atomic E-state index is -0.108. The first-order chi connectivity index (χ1) is 12.2. The first-order valence-electron chi connectivity index (χ1n) is 9.14. The third-order valence-corrected chi connectivity index (χ3v) is 4.66. The molecule has 0 N–H and O–H groups in total. The molecule has 2 aromatic rings. The lowest BCUT2D eigenvalue weighted by Crippen LogP contribution is -2.32. The molecular weight excluding hydrogens is 312 g/mol. The van der Waals surface area contributed by atoms with Crippen LogP contribution in [0.5, 0.6) is 0 Å². The molecule has 132 valence electrons. The van der Waals surface area contributed by atoms with Gasteiger partial charge in [-0.2, -0.15) is 0 Å². The molecule has 0 radical (unpaired) electrons. The molecule has 5 heteroatoms. The molecule has 2 heterocycles. The summed E-state index contributed by atoms with van der Waals surface area (Å²) in [5.41, 5.74) is 2.42. The Hall–Kier alpha value is -2.43. The van der Waals surface area contributed by atoms with Crippen LogP contribution in [0.4, 0.5) is 11.5 Å². The highest BCUT2D eigenvalue weighted by atomic mass is 16.2. The number of hydrogen-bond donors (Lipinski definition) is 0. The van der Waals surface area contributed by atoms with Gasteiger partial charge in [-0.15, -0.1) is 0 Å². The Morgan fingerprint density at radius 2 is 1.88 bits per heavy atom. The maximum absolute atomic E-state index is 12.8. The van der Waals surface area contributed by atoms with Crippen LogP contribution in [0.25, 0.3) is 0 Å². The third-order valence-electron chi connectivity index (χ3n) is 4.66. The van der Waals surface area contributed by atoms with Crippen molar-refractivity contribution >= 4 is 17.4 Å². The number of nitrogens with zero attached hydrogens (tertiary/aromatic N) is 4. The number of carbonyl (C=O) groups is 1. The predicted octanol–water partition coefficient (Wildman–Crippen LogP) is 3.83. The molecule has 1 fully saturated rings. The number of amides is 1. The molecule has 1 amide bonds. The standard InChI is InChI=1S/C20H26N4O/c1-3-24(17-10-8-9-16(2)13-17)20(25)18-14-22-19(15-21-18)23-11-6-4-5-7-12-23/h8-10,13-15H,3-7,11-12H2,1-2H3. The van der Waals surface area contributed by atoms with Gasteiger partial charge in [0.1, 0.15) is 11.5 Å². The van der Waals surface area contributed by atoms with E-state index in [0.29, 0.717) is 12.2 Å². The molecule has 0 aliphatic carbocycles. The van der Waals surface area contributed by atoms with Gasteiger partial charge < -0.3 is 9.80 Å². The fourth-order valence-electron chi connectivity index (χ4n) is 3.27. The number of benzene rings is 1. The average Bonchev–Trinajstić information content (AvgIpc) is 2.92. The molecule has 5 nitrogen and oxygen atoms in total. The smallest absolute Gasteiger partial charge is 0.278 e. The Balaban J connectivity index is 1.77. The van der Waals surface area contributed by atoms with E-state index in [1.54, 1.807) is 17.3 Å². The van der Waals surface area contributed by atoms with Crippen LogP contribution >= 0.6 is 0 Å². The largest absolute Gasteiger partial charge is 0.355 e. The van der Waals surface area contributed by atoms with E-state index in [4.69, 9.17) is 0 Å². The highest BCUT2D eigenvalue weighted by Crippen LogP contribution is 2.19. The Morgan fingerprint density at radius 1 is 1.12 bits per heavy atom. The van der Waals surface area contributed by atoms with Crippen molar-refractivity contribution in [1.29, 1.82) is 0 Å². The molecule has 0 spiro atoms. The van der Waals surface area contributed by atoms with E-state index in [9.17, 15) is 4.79 Å². The topological polar surface area (TPSA) is 49.3 Å². The van der Waals surface area contributed by atoms with Crippen LogP contribution in [0.1, 0.15) is 48.7 Å².